The molecule has 1 aromatic carbocycles. The SMILES string of the molecule is CCC[C@H](C(=O)OCC)S(=O)(=O)NC(=O)[C@H]1C[C@H]1c1c(F)cccc1Cl. The Morgan fingerprint density at radius 2 is 2.08 bits per heavy atom. The third-order valence-corrected chi connectivity index (χ3v) is 6.21. The zero-order valence-electron chi connectivity index (χ0n) is 14.5. The first kappa shape index (κ1) is 20.6. The molecule has 1 fully saturated rings. The number of benzene rings is 1. The van der Waals surface area contributed by atoms with Gasteiger partial charge in [-0.15, -0.1) is 0 Å². The topological polar surface area (TPSA) is 89.5 Å². The fourth-order valence-corrected chi connectivity index (χ4v) is 4.60. The van der Waals surface area contributed by atoms with Gasteiger partial charge in [-0.05, 0) is 31.9 Å². The van der Waals surface area contributed by atoms with Crippen LogP contribution in [-0.4, -0.2) is 32.2 Å². The minimum absolute atomic E-state index is 0.0364. The summed E-state index contributed by atoms with van der Waals surface area (Å²) >= 11 is 5.98. The predicted molar refractivity (Wildman–Crippen MR) is 94.6 cm³/mol. The van der Waals surface area contributed by atoms with Crippen molar-refractivity contribution in [2.45, 2.75) is 44.3 Å². The molecule has 9 heteroatoms. The van der Waals surface area contributed by atoms with Crippen LogP contribution in [0.15, 0.2) is 18.2 Å². The molecule has 0 aliphatic heterocycles. The molecule has 0 unspecified atom stereocenters. The third-order valence-electron chi connectivity index (χ3n) is 4.22. The molecule has 144 valence electrons. The Labute approximate surface area is 157 Å². The highest BCUT2D eigenvalue weighted by Crippen LogP contribution is 2.50. The number of carbonyl (C=O) groups excluding carboxylic acids is 2. The molecule has 6 nitrogen and oxygen atoms in total. The van der Waals surface area contributed by atoms with E-state index in [1.165, 1.54) is 18.2 Å². The second-order valence-electron chi connectivity index (χ2n) is 6.12. The molecule has 1 aromatic rings. The first-order valence-corrected chi connectivity index (χ1v) is 10.3. The van der Waals surface area contributed by atoms with Crippen molar-refractivity contribution >= 4 is 33.5 Å². The van der Waals surface area contributed by atoms with Gasteiger partial charge in [0.2, 0.25) is 15.9 Å². The van der Waals surface area contributed by atoms with Crippen LogP contribution in [0.2, 0.25) is 5.02 Å². The standard InChI is InChI=1S/C17H21ClFNO5S/c1-3-6-14(17(22)25-4-2)26(23,24)20-16(21)11-9-10(11)15-12(18)7-5-8-13(15)19/h5,7-8,10-11,14H,3-4,6,9H2,1-2H3,(H,20,21)/t10-,11+,14-/m1/s1. The molecule has 0 heterocycles. The first-order chi connectivity index (χ1) is 12.2. The third kappa shape index (κ3) is 4.54. The van der Waals surface area contributed by atoms with Crippen LogP contribution in [-0.2, 0) is 24.3 Å². The summed E-state index contributed by atoms with van der Waals surface area (Å²) in [5, 5.41) is -1.26. The van der Waals surface area contributed by atoms with Crippen LogP contribution in [0.3, 0.4) is 0 Å². The van der Waals surface area contributed by atoms with Gasteiger partial charge >= 0.3 is 5.97 Å². The van der Waals surface area contributed by atoms with Crippen molar-refractivity contribution < 1.29 is 27.1 Å². The van der Waals surface area contributed by atoms with Gasteiger partial charge in [0.05, 0.1) is 6.61 Å². The molecular weight excluding hydrogens is 385 g/mol. The summed E-state index contributed by atoms with van der Waals surface area (Å²) in [5.74, 6) is -3.37. The van der Waals surface area contributed by atoms with Gasteiger partial charge in [-0.1, -0.05) is 31.0 Å². The van der Waals surface area contributed by atoms with Gasteiger partial charge in [0.15, 0.2) is 5.25 Å². The maximum atomic E-state index is 13.9. The average molecular weight is 406 g/mol. The molecule has 3 atom stereocenters. The predicted octanol–water partition coefficient (Wildman–Crippen LogP) is 2.76. The van der Waals surface area contributed by atoms with Crippen LogP contribution in [0.25, 0.3) is 0 Å². The number of carbonyl (C=O) groups is 2. The van der Waals surface area contributed by atoms with Crippen molar-refractivity contribution in [1.29, 1.82) is 0 Å². The fraction of sp³-hybridized carbons (Fsp3) is 0.529. The second-order valence-corrected chi connectivity index (χ2v) is 8.40. The van der Waals surface area contributed by atoms with E-state index >= 15 is 0 Å². The first-order valence-electron chi connectivity index (χ1n) is 8.38. The van der Waals surface area contributed by atoms with E-state index in [1.807, 2.05) is 4.72 Å². The number of amides is 1. The summed E-state index contributed by atoms with van der Waals surface area (Å²) in [6.45, 7) is 3.33. The van der Waals surface area contributed by atoms with Crippen LogP contribution in [0.1, 0.15) is 44.6 Å². The van der Waals surface area contributed by atoms with Crippen molar-refractivity contribution in [3.05, 3.63) is 34.6 Å². The number of hydrogen-bond acceptors (Lipinski definition) is 5. The molecule has 1 aliphatic carbocycles. The summed E-state index contributed by atoms with van der Waals surface area (Å²) < 4.78 is 45.5. The highest BCUT2D eigenvalue weighted by Gasteiger charge is 2.48. The normalized spacial score (nSPS) is 20.3. The number of halogens is 2. The highest BCUT2D eigenvalue weighted by atomic mass is 35.5. The molecule has 0 saturated heterocycles. The maximum absolute atomic E-state index is 13.9. The van der Waals surface area contributed by atoms with Crippen LogP contribution >= 0.6 is 11.6 Å². The average Bonchev–Trinajstić information content (AvgIpc) is 3.32. The molecule has 0 aromatic heterocycles. The van der Waals surface area contributed by atoms with E-state index in [-0.39, 0.29) is 23.6 Å². The number of rotatable bonds is 8. The van der Waals surface area contributed by atoms with Crippen molar-refractivity contribution in [2.24, 2.45) is 5.92 Å². The van der Waals surface area contributed by atoms with E-state index in [1.54, 1.807) is 13.8 Å². The van der Waals surface area contributed by atoms with Gasteiger partial charge in [0, 0.05) is 22.4 Å². The van der Waals surface area contributed by atoms with Crippen LogP contribution in [0.4, 0.5) is 4.39 Å². The quantitative estimate of drug-likeness (QED) is 0.671. The Hall–Kier alpha value is -1.67. The minimum atomic E-state index is -4.24. The van der Waals surface area contributed by atoms with E-state index in [9.17, 15) is 22.4 Å². The number of esters is 1. The van der Waals surface area contributed by atoms with E-state index in [0.29, 0.717) is 12.8 Å². The molecule has 0 radical (unpaired) electrons. The Morgan fingerprint density at radius 3 is 2.65 bits per heavy atom. The lowest BCUT2D eigenvalue weighted by molar-refractivity contribution is -0.142. The molecule has 1 saturated carbocycles. The largest absolute Gasteiger partial charge is 0.465 e. The van der Waals surface area contributed by atoms with Crippen molar-refractivity contribution in [3.63, 3.8) is 0 Å². The van der Waals surface area contributed by atoms with E-state index in [2.05, 4.69) is 0 Å². The minimum Gasteiger partial charge on any atom is -0.465 e. The number of sulfonamides is 1. The number of ether oxygens (including phenoxy) is 1. The zero-order chi connectivity index (χ0) is 19.5. The summed E-state index contributed by atoms with van der Waals surface area (Å²) in [4.78, 5) is 24.2. The van der Waals surface area contributed by atoms with Crippen molar-refractivity contribution in [1.82, 2.24) is 4.72 Å². The molecule has 2 rings (SSSR count). The lowest BCUT2D eigenvalue weighted by atomic mass is 10.1. The van der Waals surface area contributed by atoms with Gasteiger partial charge in [0.25, 0.3) is 0 Å². The Morgan fingerprint density at radius 1 is 1.38 bits per heavy atom. The van der Waals surface area contributed by atoms with Crippen LogP contribution < -0.4 is 4.72 Å². The fourth-order valence-electron chi connectivity index (χ4n) is 2.85. The van der Waals surface area contributed by atoms with Crippen molar-refractivity contribution in [2.75, 3.05) is 6.61 Å². The van der Waals surface area contributed by atoms with Gasteiger partial charge in [-0.25, -0.2) is 12.8 Å². The molecule has 26 heavy (non-hydrogen) atoms. The van der Waals surface area contributed by atoms with E-state index in [4.69, 9.17) is 16.3 Å². The Bertz CT molecular complexity index is 778. The summed E-state index contributed by atoms with van der Waals surface area (Å²) in [7, 11) is -4.24. The van der Waals surface area contributed by atoms with Crippen LogP contribution in [0, 0.1) is 11.7 Å². The van der Waals surface area contributed by atoms with Gasteiger partial charge in [-0.3, -0.25) is 14.3 Å². The van der Waals surface area contributed by atoms with Gasteiger partial charge < -0.3 is 4.74 Å². The second kappa shape index (κ2) is 8.35. The highest BCUT2D eigenvalue weighted by molar-refractivity contribution is 7.91. The zero-order valence-corrected chi connectivity index (χ0v) is 16.1. The maximum Gasteiger partial charge on any atom is 0.326 e. The summed E-state index contributed by atoms with van der Waals surface area (Å²) in [6.07, 6.45) is 0.754. The smallest absolute Gasteiger partial charge is 0.326 e. The molecule has 0 spiro atoms. The Balaban J connectivity index is 2.10. The molecular formula is C17H21ClFNO5S. The molecule has 0 bridgehead atoms. The van der Waals surface area contributed by atoms with Gasteiger partial charge in [0.1, 0.15) is 5.82 Å². The number of hydrogen-bond donors (Lipinski definition) is 1. The Kier molecular flexibility index (Phi) is 6.63. The van der Waals surface area contributed by atoms with Crippen molar-refractivity contribution in [3.8, 4) is 0 Å². The van der Waals surface area contributed by atoms with E-state index in [0.717, 1.165) is 0 Å². The molecule has 1 aliphatic rings. The summed E-state index contributed by atoms with van der Waals surface area (Å²) in [6, 6.07) is 4.21. The lowest BCUT2D eigenvalue weighted by Gasteiger charge is -2.16. The van der Waals surface area contributed by atoms with Crippen LogP contribution in [0.5, 0.6) is 0 Å². The monoisotopic (exact) mass is 405 g/mol. The van der Waals surface area contributed by atoms with Gasteiger partial charge in [-0.2, -0.15) is 0 Å². The van der Waals surface area contributed by atoms with E-state index < -0.39 is 44.8 Å². The lowest BCUT2D eigenvalue weighted by Crippen LogP contribution is -2.43. The molecule has 1 amide bonds. The molecule has 1 N–H and O–H groups in total. The number of nitrogens with one attached hydrogen (secondary N) is 1. The summed E-state index contributed by atoms with van der Waals surface area (Å²) in [5.41, 5.74) is 0.210.